The van der Waals surface area contributed by atoms with Crippen molar-refractivity contribution >= 4 is 34.8 Å². The molecule has 0 aliphatic carbocycles. The second-order valence-electron chi connectivity index (χ2n) is 1.59. The molecule has 0 saturated heterocycles. The molecule has 0 aromatic rings. The lowest BCUT2D eigenvalue weighted by Gasteiger charge is -1.95. The van der Waals surface area contributed by atoms with E-state index in [0.717, 1.165) is 0 Å². The van der Waals surface area contributed by atoms with Crippen molar-refractivity contribution in [2.45, 2.75) is 6.92 Å². The molecule has 0 heterocycles. The van der Waals surface area contributed by atoms with Crippen LogP contribution in [0.2, 0.25) is 0 Å². The van der Waals surface area contributed by atoms with Crippen LogP contribution in [0.15, 0.2) is 10.6 Å². The third kappa shape index (κ3) is 4.76. The molecule has 0 nitrogen and oxygen atoms in total. The van der Waals surface area contributed by atoms with Crippen LogP contribution in [0.5, 0.6) is 0 Å². The van der Waals surface area contributed by atoms with Gasteiger partial charge in [0.25, 0.3) is 0 Å². The van der Waals surface area contributed by atoms with E-state index in [2.05, 4.69) is 0 Å². The second-order valence-corrected chi connectivity index (χ2v) is 2.90. The van der Waals surface area contributed by atoms with Crippen molar-refractivity contribution in [1.82, 2.24) is 0 Å². The van der Waals surface area contributed by atoms with E-state index in [1.807, 2.05) is 6.92 Å². The number of alkyl halides is 1. The van der Waals surface area contributed by atoms with Crippen LogP contribution in [0.25, 0.3) is 0 Å². The second kappa shape index (κ2) is 4.49. The highest BCUT2D eigenvalue weighted by molar-refractivity contribution is 6.55. The summed E-state index contributed by atoms with van der Waals surface area (Å²) in [6.07, 6.45) is 1.70. The van der Waals surface area contributed by atoms with E-state index in [0.29, 0.717) is 5.88 Å². The van der Waals surface area contributed by atoms with Gasteiger partial charge in [0.1, 0.15) is 4.49 Å². The quantitative estimate of drug-likeness (QED) is 0.563. The predicted octanol–water partition coefficient (Wildman–Crippen LogP) is 3.18. The zero-order valence-corrected chi connectivity index (χ0v) is 6.76. The van der Waals surface area contributed by atoms with E-state index in [4.69, 9.17) is 34.8 Å². The molecule has 8 heavy (non-hydrogen) atoms. The Bertz CT molecular complexity index is 83.7. The van der Waals surface area contributed by atoms with E-state index in [-0.39, 0.29) is 10.4 Å². The Labute approximate surface area is 64.4 Å². The van der Waals surface area contributed by atoms with E-state index < -0.39 is 0 Å². The normalized spacial score (nSPS) is 13.0. The maximum atomic E-state index is 5.43. The largest absolute Gasteiger partial charge is 0.126 e. The van der Waals surface area contributed by atoms with Crippen molar-refractivity contribution in [3.05, 3.63) is 10.6 Å². The summed E-state index contributed by atoms with van der Waals surface area (Å²) in [5.74, 6) is 0.824. The summed E-state index contributed by atoms with van der Waals surface area (Å²) in [4.78, 5) is 0. The topological polar surface area (TPSA) is 0 Å². The molecule has 0 N–H and O–H groups in total. The number of hydrogen-bond acceptors (Lipinski definition) is 0. The minimum atomic E-state index is 0.265. The van der Waals surface area contributed by atoms with E-state index in [1.54, 1.807) is 6.08 Å². The van der Waals surface area contributed by atoms with Gasteiger partial charge in [0.15, 0.2) is 0 Å². The molecule has 0 bridgehead atoms. The zero-order chi connectivity index (χ0) is 6.57. The van der Waals surface area contributed by atoms with Gasteiger partial charge in [0.2, 0.25) is 0 Å². The molecular weight excluding hydrogens is 166 g/mol. The Morgan fingerprint density at radius 2 is 2.12 bits per heavy atom. The Morgan fingerprint density at radius 3 is 2.25 bits per heavy atom. The van der Waals surface area contributed by atoms with Gasteiger partial charge in [-0.05, 0) is 5.92 Å². The fraction of sp³-hybridized carbons (Fsp3) is 0.600. The highest BCUT2D eigenvalue weighted by Crippen LogP contribution is 2.11. The van der Waals surface area contributed by atoms with Gasteiger partial charge in [-0.15, -0.1) is 11.6 Å². The van der Waals surface area contributed by atoms with Crippen molar-refractivity contribution < 1.29 is 0 Å². The molecule has 0 saturated carbocycles. The SMILES string of the molecule is CC(C=C(Cl)Cl)CCl. The summed E-state index contributed by atoms with van der Waals surface area (Å²) >= 11 is 16.1. The molecule has 0 spiro atoms. The molecule has 0 aliphatic rings. The fourth-order valence-corrected chi connectivity index (χ4v) is 0.779. The summed E-state index contributed by atoms with van der Waals surface area (Å²) in [5.41, 5.74) is 0. The monoisotopic (exact) mass is 172 g/mol. The number of allylic oxidation sites excluding steroid dienone is 1. The van der Waals surface area contributed by atoms with Gasteiger partial charge in [-0.2, -0.15) is 0 Å². The highest BCUT2D eigenvalue weighted by Gasteiger charge is 1.93. The van der Waals surface area contributed by atoms with Crippen molar-refractivity contribution in [3.63, 3.8) is 0 Å². The minimum absolute atomic E-state index is 0.265. The van der Waals surface area contributed by atoms with Crippen molar-refractivity contribution in [3.8, 4) is 0 Å². The molecule has 0 fully saturated rings. The first-order valence-electron chi connectivity index (χ1n) is 2.25. The van der Waals surface area contributed by atoms with Gasteiger partial charge in [-0.25, -0.2) is 0 Å². The summed E-state index contributed by atoms with van der Waals surface area (Å²) in [6.45, 7) is 1.94. The summed E-state index contributed by atoms with van der Waals surface area (Å²) in [7, 11) is 0. The average Bonchev–Trinajstić information content (AvgIpc) is 1.65. The van der Waals surface area contributed by atoms with Crippen LogP contribution in [0.1, 0.15) is 6.92 Å². The lowest BCUT2D eigenvalue weighted by molar-refractivity contribution is 0.841. The van der Waals surface area contributed by atoms with Crippen LogP contribution < -0.4 is 0 Å². The Hall–Kier alpha value is 0.610. The van der Waals surface area contributed by atoms with Crippen LogP contribution in [0, 0.1) is 5.92 Å². The first-order chi connectivity index (χ1) is 3.66. The minimum Gasteiger partial charge on any atom is -0.126 e. The lowest BCUT2D eigenvalue weighted by atomic mass is 10.2. The molecule has 48 valence electrons. The molecule has 0 radical (unpaired) electrons. The van der Waals surface area contributed by atoms with Gasteiger partial charge < -0.3 is 0 Å². The van der Waals surface area contributed by atoms with Gasteiger partial charge in [-0.1, -0.05) is 36.2 Å². The zero-order valence-electron chi connectivity index (χ0n) is 4.50. The molecule has 0 rings (SSSR count). The van der Waals surface area contributed by atoms with E-state index in [9.17, 15) is 0 Å². The molecule has 0 aliphatic heterocycles. The van der Waals surface area contributed by atoms with Crippen molar-refractivity contribution in [1.29, 1.82) is 0 Å². The average molecular weight is 173 g/mol. The molecule has 0 aromatic heterocycles. The summed E-state index contributed by atoms with van der Waals surface area (Å²) in [6, 6.07) is 0. The van der Waals surface area contributed by atoms with E-state index >= 15 is 0 Å². The summed E-state index contributed by atoms with van der Waals surface area (Å²) in [5, 5.41) is 0. The van der Waals surface area contributed by atoms with Gasteiger partial charge in [0, 0.05) is 5.88 Å². The Balaban J connectivity index is 3.51. The van der Waals surface area contributed by atoms with Crippen molar-refractivity contribution in [2.75, 3.05) is 5.88 Å². The molecule has 0 aromatic carbocycles. The lowest BCUT2D eigenvalue weighted by Crippen LogP contribution is -1.88. The van der Waals surface area contributed by atoms with Crippen LogP contribution >= 0.6 is 34.8 Å². The third-order valence-corrected chi connectivity index (χ3v) is 1.39. The number of rotatable bonds is 2. The maximum Gasteiger partial charge on any atom is 0.103 e. The van der Waals surface area contributed by atoms with Crippen molar-refractivity contribution in [2.24, 2.45) is 5.92 Å². The Kier molecular flexibility index (Phi) is 4.83. The van der Waals surface area contributed by atoms with Gasteiger partial charge >= 0.3 is 0 Å². The first-order valence-corrected chi connectivity index (χ1v) is 3.54. The van der Waals surface area contributed by atoms with Crippen LogP contribution in [0.3, 0.4) is 0 Å². The van der Waals surface area contributed by atoms with Crippen LogP contribution in [-0.4, -0.2) is 5.88 Å². The van der Waals surface area contributed by atoms with Crippen LogP contribution in [-0.2, 0) is 0 Å². The summed E-state index contributed by atoms with van der Waals surface area (Å²) < 4.78 is 0.290. The molecule has 1 unspecified atom stereocenters. The van der Waals surface area contributed by atoms with Gasteiger partial charge in [0.05, 0.1) is 0 Å². The highest BCUT2D eigenvalue weighted by atomic mass is 35.5. The van der Waals surface area contributed by atoms with Crippen LogP contribution in [0.4, 0.5) is 0 Å². The van der Waals surface area contributed by atoms with Gasteiger partial charge in [-0.3, -0.25) is 0 Å². The molecule has 0 amide bonds. The molecular formula is C5H7Cl3. The number of halogens is 3. The smallest absolute Gasteiger partial charge is 0.103 e. The van der Waals surface area contributed by atoms with E-state index in [1.165, 1.54) is 0 Å². The predicted molar refractivity (Wildman–Crippen MR) is 39.7 cm³/mol. The third-order valence-electron chi connectivity index (χ3n) is 0.654. The standard InChI is InChI=1S/C5H7Cl3/c1-4(3-6)2-5(7)8/h2,4H,3H2,1H3. The Morgan fingerprint density at radius 1 is 1.62 bits per heavy atom. The fourth-order valence-electron chi connectivity index (χ4n) is 0.260. The first kappa shape index (κ1) is 8.61. The molecule has 1 atom stereocenters. The maximum absolute atomic E-state index is 5.43. The molecule has 3 heteroatoms. The number of hydrogen-bond donors (Lipinski definition) is 0.